The Labute approximate surface area is 204 Å². The predicted octanol–water partition coefficient (Wildman–Crippen LogP) is 2.55. The average Bonchev–Trinajstić information content (AvgIpc) is 2.98. The number of aromatic nitrogens is 1. The zero-order valence-corrected chi connectivity index (χ0v) is 21.5. The number of methoxy groups -OCH3 is 2. The van der Waals surface area contributed by atoms with Gasteiger partial charge in [0, 0.05) is 24.6 Å². The molecular formula is C26H34N2O5S. The van der Waals surface area contributed by atoms with Crippen molar-refractivity contribution in [3.63, 3.8) is 0 Å². The fourth-order valence-corrected chi connectivity index (χ4v) is 4.81. The molecule has 0 unspecified atom stereocenters. The third kappa shape index (κ3) is 6.17. The number of benzene rings is 1. The summed E-state index contributed by atoms with van der Waals surface area (Å²) < 4.78 is 13.0. The second-order valence-corrected chi connectivity index (χ2v) is 10.6. The lowest BCUT2D eigenvalue weighted by molar-refractivity contribution is -0.131. The molecule has 1 aromatic carbocycles. The Kier molecular flexibility index (Phi) is 8.36. The first-order valence-electron chi connectivity index (χ1n) is 11.6. The summed E-state index contributed by atoms with van der Waals surface area (Å²) >= 11 is 1.22. The molecule has 1 aliphatic heterocycles. The van der Waals surface area contributed by atoms with Crippen molar-refractivity contribution >= 4 is 35.2 Å². The molecule has 0 aliphatic carbocycles. The Hall–Kier alpha value is -2.87. The van der Waals surface area contributed by atoms with E-state index in [1.807, 2.05) is 31.7 Å². The van der Waals surface area contributed by atoms with E-state index in [4.69, 9.17) is 9.47 Å². The lowest BCUT2D eigenvalue weighted by Gasteiger charge is -2.20. The Morgan fingerprint density at radius 2 is 1.68 bits per heavy atom. The highest BCUT2D eigenvalue weighted by Crippen LogP contribution is 2.27. The van der Waals surface area contributed by atoms with Crippen molar-refractivity contribution in [3.05, 3.63) is 43.3 Å². The maximum absolute atomic E-state index is 13.4. The van der Waals surface area contributed by atoms with Gasteiger partial charge >= 0.3 is 0 Å². The number of amides is 1. The number of Topliss-reactive ketones (excluding diaryl/α,β-unsaturated/α-hetero) is 1. The van der Waals surface area contributed by atoms with Gasteiger partial charge in [-0.25, -0.2) is 0 Å². The van der Waals surface area contributed by atoms with Crippen molar-refractivity contribution < 1.29 is 19.1 Å². The summed E-state index contributed by atoms with van der Waals surface area (Å²) in [5.74, 6) is 0.968. The van der Waals surface area contributed by atoms with E-state index in [9.17, 15) is 14.4 Å². The molecule has 0 saturated carbocycles. The number of hydrogen-bond donors (Lipinski definition) is 0. The SMILES string of the molecule is COc1ccc(/C=c2/s/c(=C\C(=O)C(C)(C)C)n(CC(=O)N3CCCCCC3)c2=O)cc1OC. The molecule has 7 nitrogen and oxygen atoms in total. The molecule has 8 heteroatoms. The van der Waals surface area contributed by atoms with Crippen molar-refractivity contribution in [3.8, 4) is 11.5 Å². The van der Waals surface area contributed by atoms with Crippen molar-refractivity contribution in [2.75, 3.05) is 27.3 Å². The van der Waals surface area contributed by atoms with Crippen molar-refractivity contribution in [1.29, 1.82) is 0 Å². The van der Waals surface area contributed by atoms with Gasteiger partial charge in [0.15, 0.2) is 17.3 Å². The third-order valence-corrected chi connectivity index (χ3v) is 6.95. The smallest absolute Gasteiger partial charge is 0.269 e. The largest absolute Gasteiger partial charge is 0.493 e. The number of likely N-dealkylation sites (tertiary alicyclic amines) is 1. The minimum atomic E-state index is -0.590. The van der Waals surface area contributed by atoms with Crippen LogP contribution in [0.4, 0.5) is 0 Å². The molecule has 34 heavy (non-hydrogen) atoms. The van der Waals surface area contributed by atoms with Crippen molar-refractivity contribution in [2.45, 2.75) is 53.0 Å². The first kappa shape index (κ1) is 25.7. The third-order valence-electron chi connectivity index (χ3n) is 5.89. The average molecular weight is 487 g/mol. The van der Waals surface area contributed by atoms with Gasteiger partial charge in [-0.15, -0.1) is 11.3 Å². The maximum Gasteiger partial charge on any atom is 0.269 e. The first-order valence-corrected chi connectivity index (χ1v) is 12.4. The van der Waals surface area contributed by atoms with E-state index < -0.39 is 5.41 Å². The highest BCUT2D eigenvalue weighted by Gasteiger charge is 2.21. The molecule has 0 bridgehead atoms. The first-order chi connectivity index (χ1) is 16.1. The van der Waals surface area contributed by atoms with E-state index in [-0.39, 0.29) is 23.8 Å². The van der Waals surface area contributed by atoms with Gasteiger partial charge in [-0.3, -0.25) is 19.0 Å². The molecule has 0 spiro atoms. The second kappa shape index (κ2) is 11.0. The monoisotopic (exact) mass is 486 g/mol. The van der Waals surface area contributed by atoms with Crippen LogP contribution in [0, 0.1) is 5.41 Å². The highest BCUT2D eigenvalue weighted by atomic mass is 32.1. The van der Waals surface area contributed by atoms with E-state index in [2.05, 4.69) is 0 Å². The number of ether oxygens (including phenoxy) is 2. The molecule has 0 atom stereocenters. The maximum atomic E-state index is 13.4. The Morgan fingerprint density at radius 1 is 1.03 bits per heavy atom. The fourth-order valence-electron chi connectivity index (χ4n) is 3.77. The van der Waals surface area contributed by atoms with Crippen LogP contribution in [0.3, 0.4) is 0 Å². The van der Waals surface area contributed by atoms with Crippen LogP contribution in [0.5, 0.6) is 11.5 Å². The van der Waals surface area contributed by atoms with Crippen LogP contribution >= 0.6 is 11.3 Å². The van der Waals surface area contributed by atoms with Crippen molar-refractivity contribution in [1.82, 2.24) is 9.47 Å². The predicted molar refractivity (Wildman–Crippen MR) is 135 cm³/mol. The lowest BCUT2D eigenvalue weighted by atomic mass is 9.91. The molecular weight excluding hydrogens is 452 g/mol. The molecule has 0 radical (unpaired) electrons. The minimum Gasteiger partial charge on any atom is -0.493 e. The number of ketones is 1. The molecule has 1 fully saturated rings. The summed E-state index contributed by atoms with van der Waals surface area (Å²) in [6, 6.07) is 5.39. The van der Waals surface area contributed by atoms with Crippen LogP contribution in [0.25, 0.3) is 12.2 Å². The zero-order chi connectivity index (χ0) is 24.9. The summed E-state index contributed by atoms with van der Waals surface area (Å²) in [4.78, 5) is 41.0. The van der Waals surface area contributed by atoms with E-state index in [0.717, 1.165) is 31.2 Å². The number of thiazole rings is 1. The molecule has 2 heterocycles. The quantitative estimate of drug-likeness (QED) is 0.627. The molecule has 0 N–H and O–H groups in total. The van der Waals surface area contributed by atoms with Gasteiger partial charge in [-0.2, -0.15) is 0 Å². The van der Waals surface area contributed by atoms with Crippen molar-refractivity contribution in [2.24, 2.45) is 5.41 Å². The van der Waals surface area contributed by atoms with Gasteiger partial charge in [0.25, 0.3) is 5.56 Å². The summed E-state index contributed by atoms with van der Waals surface area (Å²) in [6.45, 7) is 6.85. The summed E-state index contributed by atoms with van der Waals surface area (Å²) in [7, 11) is 3.12. The molecule has 1 amide bonds. The van der Waals surface area contributed by atoms with E-state index in [1.165, 1.54) is 22.0 Å². The number of rotatable bonds is 6. The zero-order valence-electron chi connectivity index (χ0n) is 20.7. The number of carbonyl (C=O) groups excluding carboxylic acids is 2. The lowest BCUT2D eigenvalue weighted by Crippen LogP contribution is -2.41. The van der Waals surface area contributed by atoms with E-state index >= 15 is 0 Å². The normalized spacial score (nSPS) is 15.9. The van der Waals surface area contributed by atoms with E-state index in [1.54, 1.807) is 32.4 Å². The fraction of sp³-hybridized carbons (Fsp3) is 0.500. The topological polar surface area (TPSA) is 77.8 Å². The number of nitrogens with zero attached hydrogens (tertiary/aromatic N) is 2. The molecule has 1 aliphatic rings. The molecule has 1 aromatic heterocycles. The summed E-state index contributed by atoms with van der Waals surface area (Å²) in [5.41, 5.74) is -0.112. The standard InChI is InChI=1S/C26H34N2O5S/c1-26(2,3)22(29)16-24-28(17-23(30)27-12-8-6-7-9-13-27)25(31)21(34-24)15-18-10-11-19(32-4)20(14-18)33-5/h10-11,14-16H,6-9,12-13,17H2,1-5H3/b21-15+,24-16-. The second-order valence-electron chi connectivity index (χ2n) is 9.51. The highest BCUT2D eigenvalue weighted by molar-refractivity contribution is 7.07. The van der Waals surface area contributed by atoms with Crippen LogP contribution in [-0.2, 0) is 16.1 Å². The molecule has 3 rings (SSSR count). The van der Waals surface area contributed by atoms with Crippen LogP contribution in [0.2, 0.25) is 0 Å². The molecule has 1 saturated heterocycles. The number of carbonyl (C=O) groups is 2. The van der Waals surface area contributed by atoms with Crippen LogP contribution < -0.4 is 24.2 Å². The van der Waals surface area contributed by atoms with Crippen LogP contribution in [0.1, 0.15) is 52.0 Å². The van der Waals surface area contributed by atoms with Gasteiger partial charge in [0.1, 0.15) is 11.2 Å². The van der Waals surface area contributed by atoms with Crippen LogP contribution in [-0.4, -0.2) is 48.5 Å². The summed E-state index contributed by atoms with van der Waals surface area (Å²) in [5, 5.41) is 0. The summed E-state index contributed by atoms with van der Waals surface area (Å²) in [6.07, 6.45) is 7.43. The molecule has 184 valence electrons. The van der Waals surface area contributed by atoms with Gasteiger partial charge in [-0.1, -0.05) is 39.7 Å². The number of hydrogen-bond acceptors (Lipinski definition) is 6. The minimum absolute atomic E-state index is 0.0711. The van der Waals surface area contributed by atoms with Gasteiger partial charge in [0.05, 0.1) is 18.8 Å². The van der Waals surface area contributed by atoms with Gasteiger partial charge < -0.3 is 14.4 Å². The Balaban J connectivity index is 2.08. The Bertz CT molecular complexity index is 1210. The Morgan fingerprint density at radius 3 is 2.26 bits per heavy atom. The van der Waals surface area contributed by atoms with Gasteiger partial charge in [0.2, 0.25) is 5.91 Å². The molecule has 2 aromatic rings. The van der Waals surface area contributed by atoms with Crippen LogP contribution in [0.15, 0.2) is 23.0 Å². The van der Waals surface area contributed by atoms with Gasteiger partial charge in [-0.05, 0) is 36.6 Å². The van der Waals surface area contributed by atoms with E-state index in [0.29, 0.717) is 33.8 Å².